The van der Waals surface area contributed by atoms with Crippen LogP contribution in [0.4, 0.5) is 0 Å². The number of para-hydroxylation sites is 3. The summed E-state index contributed by atoms with van der Waals surface area (Å²) >= 11 is 0. The van der Waals surface area contributed by atoms with Crippen LogP contribution in [0.2, 0.25) is 13.1 Å². The lowest BCUT2D eigenvalue weighted by atomic mass is 9.98. The molecule has 250 valence electrons. The number of rotatable bonds is 4. The number of fused-ring (bicyclic) bond motifs is 10. The minimum atomic E-state index is -2.11. The smallest absolute Gasteiger partial charge is 0.167 e. The molecule has 0 atom stereocenters. The first-order chi connectivity index (χ1) is 26.0. The van der Waals surface area contributed by atoms with Gasteiger partial charge in [-0.05, 0) is 57.4 Å². The van der Waals surface area contributed by atoms with Gasteiger partial charge in [-0.15, -0.1) is 0 Å². The van der Waals surface area contributed by atoms with E-state index in [0.717, 1.165) is 71.7 Å². The van der Waals surface area contributed by atoms with Crippen molar-refractivity contribution in [3.8, 4) is 56.4 Å². The third-order valence-electron chi connectivity index (χ3n) is 10.9. The van der Waals surface area contributed by atoms with Gasteiger partial charge >= 0.3 is 0 Å². The van der Waals surface area contributed by atoms with Crippen LogP contribution in [0.5, 0.6) is 0 Å². The van der Waals surface area contributed by atoms with Crippen molar-refractivity contribution in [2.75, 3.05) is 0 Å². The Hall–Kier alpha value is -6.63. The number of benzene rings is 7. The highest BCUT2D eigenvalue weighted by Crippen LogP contribution is 2.44. The summed E-state index contributed by atoms with van der Waals surface area (Å²) in [6.07, 6.45) is 0. The molecule has 0 bridgehead atoms. The molecule has 0 radical (unpaired) electrons. The lowest BCUT2D eigenvalue weighted by molar-refractivity contribution is 0.669. The second kappa shape index (κ2) is 11.2. The fourth-order valence-corrected chi connectivity index (χ4v) is 11.4. The zero-order chi connectivity index (χ0) is 35.3. The molecule has 0 saturated carbocycles. The van der Waals surface area contributed by atoms with Crippen molar-refractivity contribution in [2.24, 2.45) is 0 Å². The fraction of sp³-hybridized carbons (Fsp3) is 0.0426. The second-order valence-corrected chi connectivity index (χ2v) is 18.7. The Kier molecular flexibility index (Phi) is 6.34. The van der Waals surface area contributed by atoms with Gasteiger partial charge in [0.05, 0.1) is 5.56 Å². The molecule has 0 unspecified atom stereocenters. The zero-order valence-electron chi connectivity index (χ0n) is 29.1. The molecular weight excluding hydrogens is 667 g/mol. The summed E-state index contributed by atoms with van der Waals surface area (Å²) in [5, 5.41) is 6.89. The van der Waals surface area contributed by atoms with E-state index in [1.807, 2.05) is 36.4 Å². The number of hydrogen-bond acceptors (Lipinski definition) is 5. The monoisotopic (exact) mass is 697 g/mol. The van der Waals surface area contributed by atoms with Crippen LogP contribution >= 0.6 is 0 Å². The van der Waals surface area contributed by atoms with Gasteiger partial charge in [0.15, 0.2) is 17.5 Å². The van der Waals surface area contributed by atoms with Gasteiger partial charge in [-0.1, -0.05) is 134 Å². The maximum Gasteiger partial charge on any atom is 0.167 e. The summed E-state index contributed by atoms with van der Waals surface area (Å²) < 4.78 is 13.4. The van der Waals surface area contributed by atoms with Gasteiger partial charge in [0.25, 0.3) is 0 Å². The molecule has 1 aliphatic rings. The predicted octanol–water partition coefficient (Wildman–Crippen LogP) is 11.1. The molecule has 4 heterocycles. The number of nitrogens with zero attached hydrogens (tertiary/aromatic N) is 3. The van der Waals surface area contributed by atoms with Crippen molar-refractivity contribution in [3.63, 3.8) is 0 Å². The van der Waals surface area contributed by atoms with Crippen LogP contribution in [-0.2, 0) is 0 Å². The van der Waals surface area contributed by atoms with E-state index in [1.54, 1.807) is 0 Å². The quantitative estimate of drug-likeness (QED) is 0.171. The Balaban J connectivity index is 1.23. The number of hydrogen-bond donors (Lipinski definition) is 0. The van der Waals surface area contributed by atoms with Crippen molar-refractivity contribution in [3.05, 3.63) is 152 Å². The van der Waals surface area contributed by atoms with Crippen LogP contribution in [0.3, 0.4) is 0 Å². The highest BCUT2D eigenvalue weighted by Gasteiger charge is 2.40. The Morgan fingerprint density at radius 2 is 1.00 bits per heavy atom. The van der Waals surface area contributed by atoms with Gasteiger partial charge in [-0.3, -0.25) is 0 Å². The summed E-state index contributed by atoms with van der Waals surface area (Å²) in [7, 11) is -2.11. The van der Waals surface area contributed by atoms with Crippen molar-refractivity contribution in [1.82, 2.24) is 15.0 Å². The fourth-order valence-electron chi connectivity index (χ4n) is 8.37. The van der Waals surface area contributed by atoms with Gasteiger partial charge in [0.2, 0.25) is 0 Å². The minimum Gasteiger partial charge on any atom is -0.455 e. The lowest BCUT2D eigenvalue weighted by Crippen LogP contribution is -2.49. The highest BCUT2D eigenvalue weighted by molar-refractivity contribution is 7.04. The van der Waals surface area contributed by atoms with E-state index in [2.05, 4.69) is 128 Å². The Labute approximate surface area is 306 Å². The summed E-state index contributed by atoms with van der Waals surface area (Å²) in [6.45, 7) is 4.86. The summed E-state index contributed by atoms with van der Waals surface area (Å²) in [5.41, 5.74) is 10.7. The van der Waals surface area contributed by atoms with Crippen LogP contribution in [0.15, 0.2) is 160 Å². The lowest BCUT2D eigenvalue weighted by Gasteiger charge is -2.19. The van der Waals surface area contributed by atoms with Gasteiger partial charge < -0.3 is 8.83 Å². The topological polar surface area (TPSA) is 65.0 Å². The number of furan rings is 2. The first kappa shape index (κ1) is 30.0. The average molecular weight is 698 g/mol. The van der Waals surface area contributed by atoms with Crippen LogP contribution in [0.1, 0.15) is 0 Å². The van der Waals surface area contributed by atoms with Crippen LogP contribution < -0.4 is 10.4 Å². The molecule has 0 N–H and O–H groups in total. The molecule has 6 heteroatoms. The molecule has 1 aliphatic heterocycles. The third-order valence-corrected chi connectivity index (χ3v) is 14.5. The average Bonchev–Trinajstić information content (AvgIpc) is 3.86. The Morgan fingerprint density at radius 3 is 1.85 bits per heavy atom. The van der Waals surface area contributed by atoms with E-state index >= 15 is 0 Å². The minimum absolute atomic E-state index is 0.556. The summed E-state index contributed by atoms with van der Waals surface area (Å²) in [4.78, 5) is 15.9. The second-order valence-electron chi connectivity index (χ2n) is 14.4. The summed E-state index contributed by atoms with van der Waals surface area (Å²) in [5.74, 6) is 1.75. The van der Waals surface area contributed by atoms with Gasteiger partial charge in [0.1, 0.15) is 30.4 Å². The van der Waals surface area contributed by atoms with E-state index in [-0.39, 0.29) is 0 Å². The van der Waals surface area contributed by atoms with Crippen LogP contribution in [-0.4, -0.2) is 23.0 Å². The van der Waals surface area contributed by atoms with Gasteiger partial charge in [-0.2, -0.15) is 0 Å². The van der Waals surface area contributed by atoms with E-state index in [9.17, 15) is 0 Å². The van der Waals surface area contributed by atoms with Crippen molar-refractivity contribution in [2.45, 2.75) is 13.1 Å². The SMILES string of the molecule is C[Si]1(C)c2ccccc2-c2c1cc(-c1nc(-c3cccc(-c4ccccc4)c3)nc(-c3cccc4c3oc3ccccc34)n1)c1c2oc2ccccc21. The molecule has 7 aromatic carbocycles. The molecule has 11 rings (SSSR count). The van der Waals surface area contributed by atoms with Crippen LogP contribution in [0, 0.1) is 0 Å². The first-order valence-electron chi connectivity index (χ1n) is 17.9. The maximum atomic E-state index is 6.83. The van der Waals surface area contributed by atoms with E-state index in [0.29, 0.717) is 17.5 Å². The van der Waals surface area contributed by atoms with Gasteiger partial charge in [-0.25, -0.2) is 15.0 Å². The molecular formula is C47H31N3O2Si. The number of aromatic nitrogens is 3. The summed E-state index contributed by atoms with van der Waals surface area (Å²) in [6, 6.07) is 52.7. The molecule has 53 heavy (non-hydrogen) atoms. The highest BCUT2D eigenvalue weighted by atomic mass is 28.3. The van der Waals surface area contributed by atoms with Gasteiger partial charge in [0, 0.05) is 38.2 Å². The molecule has 0 saturated heterocycles. The van der Waals surface area contributed by atoms with E-state index in [1.165, 1.54) is 21.5 Å². The standard InChI is InChI=1S/C47H31N3O2Si/c1-53(2)39-25-11-8-20-34(39)42-40(53)27-36(41-33-19-7-10-24-38(33)52-44(41)42)47-49-45(30-17-12-16-29(26-30)28-14-4-3-5-15-28)48-46(50-47)35-22-13-21-32-31-18-6-9-23-37(31)51-43(32)35/h3-27H,1-2H3. The maximum absolute atomic E-state index is 6.83. The van der Waals surface area contributed by atoms with Crippen molar-refractivity contribution in [1.29, 1.82) is 0 Å². The predicted molar refractivity (Wildman–Crippen MR) is 218 cm³/mol. The van der Waals surface area contributed by atoms with Crippen LogP contribution in [0.25, 0.3) is 100 Å². The molecule has 0 amide bonds. The third kappa shape index (κ3) is 4.46. The normalized spacial score (nSPS) is 13.2. The van der Waals surface area contributed by atoms with E-state index in [4.69, 9.17) is 23.8 Å². The Bertz CT molecular complexity index is 3110. The zero-order valence-corrected chi connectivity index (χ0v) is 30.1. The Morgan fingerprint density at radius 1 is 0.415 bits per heavy atom. The van der Waals surface area contributed by atoms with Crippen molar-refractivity contribution >= 4 is 62.3 Å². The molecule has 3 aromatic heterocycles. The molecule has 0 spiro atoms. The largest absolute Gasteiger partial charge is 0.455 e. The van der Waals surface area contributed by atoms with E-state index < -0.39 is 8.07 Å². The molecule has 5 nitrogen and oxygen atoms in total. The van der Waals surface area contributed by atoms with Crippen molar-refractivity contribution < 1.29 is 8.83 Å². The molecule has 0 fully saturated rings. The molecule has 10 aromatic rings. The first-order valence-corrected chi connectivity index (χ1v) is 20.9. The molecule has 0 aliphatic carbocycles.